The van der Waals surface area contributed by atoms with Crippen molar-refractivity contribution in [2.45, 2.75) is 81.1 Å². The molecule has 2 aromatic rings. The summed E-state index contributed by atoms with van der Waals surface area (Å²) in [5.41, 5.74) is 0.954. The van der Waals surface area contributed by atoms with Crippen LogP contribution in [0, 0.1) is 23.6 Å². The Morgan fingerprint density at radius 3 is 2.35 bits per heavy atom. The average Bonchev–Trinajstić information content (AvgIpc) is 3.57. The van der Waals surface area contributed by atoms with Crippen LogP contribution in [0.5, 0.6) is 0 Å². The van der Waals surface area contributed by atoms with Crippen LogP contribution in [-0.4, -0.2) is 36.9 Å². The number of benzene rings is 1. The molecule has 5 aliphatic carbocycles. The quantitative estimate of drug-likeness (QED) is 0.348. The van der Waals surface area contributed by atoms with E-state index in [0.717, 1.165) is 66.4 Å². The molecule has 0 N–H and O–H groups in total. The third kappa shape index (κ3) is 4.21. The van der Waals surface area contributed by atoms with Gasteiger partial charge in [-0.05, 0) is 86.8 Å². The first-order chi connectivity index (χ1) is 16.5. The molecule has 7 heteroatoms. The molecule has 180 valence electrons. The van der Waals surface area contributed by atoms with Crippen molar-refractivity contribution >= 4 is 17.7 Å². The summed E-state index contributed by atoms with van der Waals surface area (Å²) in [6, 6.07) is 6.66. The monoisotopic (exact) mass is 480 g/mol. The van der Waals surface area contributed by atoms with E-state index in [1.165, 1.54) is 43.2 Å². The van der Waals surface area contributed by atoms with Gasteiger partial charge >= 0.3 is 0 Å². The van der Waals surface area contributed by atoms with E-state index >= 15 is 0 Å². The molecule has 1 heterocycles. The Labute approximate surface area is 205 Å². The third-order valence-corrected chi connectivity index (χ3v) is 9.41. The van der Waals surface area contributed by atoms with E-state index in [1.54, 1.807) is 0 Å². The van der Waals surface area contributed by atoms with Crippen LogP contribution in [0.3, 0.4) is 0 Å². The van der Waals surface area contributed by atoms with Crippen molar-refractivity contribution in [3.63, 3.8) is 0 Å². The van der Waals surface area contributed by atoms with Crippen molar-refractivity contribution in [1.82, 2.24) is 19.7 Å². The summed E-state index contributed by atoms with van der Waals surface area (Å²) in [5.74, 6) is 4.05. The first-order valence-electron chi connectivity index (χ1n) is 12.7. The topological polar surface area (TPSA) is 51.0 Å². The van der Waals surface area contributed by atoms with Crippen LogP contribution in [0.25, 0.3) is 0 Å². The Bertz CT molecular complexity index is 1040. The zero-order valence-corrected chi connectivity index (χ0v) is 20.5. The molecule has 5 fully saturated rings. The maximum atomic E-state index is 13.9. The number of amides is 1. The third-order valence-electron chi connectivity index (χ3n) is 8.46. The van der Waals surface area contributed by atoms with Gasteiger partial charge in [0.25, 0.3) is 0 Å². The predicted octanol–water partition coefficient (Wildman–Crippen LogP) is 5.57. The number of rotatable bonds is 9. The molecule has 5 nitrogen and oxygen atoms in total. The highest BCUT2D eigenvalue weighted by Gasteiger charge is 2.54. The Balaban J connectivity index is 1.24. The number of halogens is 1. The molecule has 34 heavy (non-hydrogen) atoms. The average molecular weight is 481 g/mol. The zero-order valence-electron chi connectivity index (χ0n) is 19.7. The van der Waals surface area contributed by atoms with Gasteiger partial charge in [-0.3, -0.25) is 4.79 Å². The van der Waals surface area contributed by atoms with E-state index in [-0.39, 0.29) is 17.3 Å². The van der Waals surface area contributed by atoms with Gasteiger partial charge in [0.1, 0.15) is 11.6 Å². The normalized spacial score (nSPS) is 29.4. The molecule has 1 aromatic carbocycles. The number of hydrogen-bond donors (Lipinski definition) is 0. The van der Waals surface area contributed by atoms with Crippen molar-refractivity contribution in [2.24, 2.45) is 17.8 Å². The minimum absolute atomic E-state index is 0.0469. The Kier molecular flexibility index (Phi) is 5.79. The van der Waals surface area contributed by atoms with Crippen molar-refractivity contribution < 1.29 is 9.18 Å². The molecule has 0 radical (unpaired) electrons. The summed E-state index contributed by atoms with van der Waals surface area (Å²) >= 11 is 1.50. The number of nitrogens with zero attached hydrogens (tertiary/aromatic N) is 4. The smallest absolute Gasteiger partial charge is 0.233 e. The van der Waals surface area contributed by atoms with Gasteiger partial charge in [0.2, 0.25) is 5.91 Å². The highest BCUT2D eigenvalue weighted by Crippen LogP contribution is 2.58. The maximum Gasteiger partial charge on any atom is 0.233 e. The highest BCUT2D eigenvalue weighted by molar-refractivity contribution is 7.99. The van der Waals surface area contributed by atoms with Gasteiger partial charge in [0, 0.05) is 24.5 Å². The number of hydrogen-bond acceptors (Lipinski definition) is 4. The van der Waals surface area contributed by atoms with Gasteiger partial charge in [-0.15, -0.1) is 16.8 Å². The lowest BCUT2D eigenvalue weighted by molar-refractivity contribution is -0.149. The maximum absolute atomic E-state index is 13.9. The van der Waals surface area contributed by atoms with Gasteiger partial charge in [-0.25, -0.2) is 4.39 Å². The van der Waals surface area contributed by atoms with Gasteiger partial charge in [-0.1, -0.05) is 30.0 Å². The summed E-state index contributed by atoms with van der Waals surface area (Å²) in [4.78, 5) is 16.1. The van der Waals surface area contributed by atoms with Crippen LogP contribution in [0.15, 0.2) is 42.1 Å². The van der Waals surface area contributed by atoms with Crippen LogP contribution < -0.4 is 0 Å². The Hall–Kier alpha value is -2.15. The largest absolute Gasteiger partial charge is 0.332 e. The lowest BCUT2D eigenvalue weighted by atomic mass is 9.52. The standard InChI is InChI=1S/C27H33FN4OS/c1-2-9-31-25(22-5-6-22)29-30-26(31)34-17-24(33)32(16-18-3-7-23(28)8-4-18)27-13-19-10-20(14-27)12-21(11-19)15-27/h2-4,7-8,19-22H,1,5-6,9-17H2. The molecule has 5 saturated carbocycles. The molecule has 1 aromatic heterocycles. The fourth-order valence-electron chi connectivity index (χ4n) is 7.24. The van der Waals surface area contributed by atoms with E-state index in [2.05, 4.69) is 26.2 Å². The minimum atomic E-state index is -0.236. The molecular weight excluding hydrogens is 447 g/mol. The van der Waals surface area contributed by atoms with Crippen molar-refractivity contribution in [3.8, 4) is 0 Å². The molecule has 0 spiro atoms. The summed E-state index contributed by atoms with van der Waals surface area (Å²) < 4.78 is 15.7. The van der Waals surface area contributed by atoms with E-state index < -0.39 is 0 Å². The summed E-state index contributed by atoms with van der Waals surface area (Å²) in [6.45, 7) is 5.12. The lowest BCUT2D eigenvalue weighted by Gasteiger charge is -2.60. The fourth-order valence-corrected chi connectivity index (χ4v) is 8.07. The molecular formula is C27H33FN4OS. The first kappa shape index (κ1) is 22.3. The number of aromatic nitrogens is 3. The second kappa shape index (κ2) is 8.81. The number of allylic oxidation sites excluding steroid dienone is 1. The van der Waals surface area contributed by atoms with E-state index in [9.17, 15) is 9.18 Å². The fraction of sp³-hybridized carbons (Fsp3) is 0.593. The SMILES string of the molecule is C=CCn1c(SCC(=O)N(Cc2ccc(F)cc2)C23CC4CC(CC(C4)C2)C3)nnc1C1CC1. The summed E-state index contributed by atoms with van der Waals surface area (Å²) in [5, 5.41) is 9.67. The molecule has 0 atom stereocenters. The summed E-state index contributed by atoms with van der Waals surface area (Å²) in [7, 11) is 0. The predicted molar refractivity (Wildman–Crippen MR) is 131 cm³/mol. The molecule has 1 amide bonds. The van der Waals surface area contributed by atoms with Gasteiger partial charge in [-0.2, -0.15) is 0 Å². The molecule has 7 rings (SSSR count). The van der Waals surface area contributed by atoms with E-state index in [1.807, 2.05) is 18.2 Å². The molecule has 5 aliphatic rings. The van der Waals surface area contributed by atoms with Gasteiger partial charge in [0.15, 0.2) is 5.16 Å². The minimum Gasteiger partial charge on any atom is -0.332 e. The Morgan fingerprint density at radius 2 is 1.76 bits per heavy atom. The first-order valence-corrected chi connectivity index (χ1v) is 13.7. The molecule has 0 unspecified atom stereocenters. The van der Waals surface area contributed by atoms with E-state index in [0.29, 0.717) is 24.8 Å². The van der Waals surface area contributed by atoms with E-state index in [4.69, 9.17) is 0 Å². The van der Waals surface area contributed by atoms with Crippen molar-refractivity contribution in [3.05, 3.63) is 54.1 Å². The number of carbonyl (C=O) groups excluding carboxylic acids is 1. The van der Waals surface area contributed by atoms with Gasteiger partial charge < -0.3 is 9.47 Å². The van der Waals surface area contributed by atoms with Crippen LogP contribution >= 0.6 is 11.8 Å². The highest BCUT2D eigenvalue weighted by atomic mass is 32.2. The van der Waals surface area contributed by atoms with Crippen LogP contribution in [0.1, 0.15) is 68.7 Å². The number of thioether (sulfide) groups is 1. The number of carbonyl (C=O) groups is 1. The van der Waals surface area contributed by atoms with Crippen molar-refractivity contribution in [1.29, 1.82) is 0 Å². The van der Waals surface area contributed by atoms with Crippen molar-refractivity contribution in [2.75, 3.05) is 5.75 Å². The molecule has 4 bridgehead atoms. The molecule has 0 saturated heterocycles. The van der Waals surface area contributed by atoms with Crippen LogP contribution in [-0.2, 0) is 17.9 Å². The second-order valence-corrected chi connectivity index (χ2v) is 12.0. The lowest BCUT2D eigenvalue weighted by Crippen LogP contribution is -2.61. The second-order valence-electron chi connectivity index (χ2n) is 11.1. The molecule has 0 aliphatic heterocycles. The van der Waals surface area contributed by atoms with Crippen LogP contribution in [0.4, 0.5) is 4.39 Å². The zero-order chi connectivity index (χ0) is 23.3. The Morgan fingerprint density at radius 1 is 1.12 bits per heavy atom. The van der Waals surface area contributed by atoms with Gasteiger partial charge in [0.05, 0.1) is 5.75 Å². The van der Waals surface area contributed by atoms with Crippen LogP contribution in [0.2, 0.25) is 0 Å². The summed E-state index contributed by atoms with van der Waals surface area (Å²) in [6.07, 6.45) is 11.6.